The molecule has 3 aliphatic rings. The summed E-state index contributed by atoms with van der Waals surface area (Å²) in [5.74, 6) is -4.42. The minimum Gasteiger partial charge on any atom is -0.349 e. The lowest BCUT2D eigenvalue weighted by molar-refractivity contribution is -0.145. The van der Waals surface area contributed by atoms with Crippen LogP contribution in [0.15, 0.2) is 77.3 Å². The van der Waals surface area contributed by atoms with Crippen molar-refractivity contribution in [2.24, 2.45) is 11.8 Å². The standard InChI is InChI=1S/C27H17BrClNO5/c28-16-9-7-15(8-10-16)22-20-21(26(34)30(25(20)33)13-14-5-11-17(29)12-6-14)27(35-22)23(31)18-3-1-2-4-19(18)24(27)32/h1-12,20-22H,13H2/t20-,21+,22+/m0/s1. The quantitative estimate of drug-likeness (QED) is 0.346. The normalized spacial score (nSPS) is 24.4. The number of ketones is 2. The van der Waals surface area contributed by atoms with Crippen LogP contribution < -0.4 is 0 Å². The van der Waals surface area contributed by atoms with Crippen molar-refractivity contribution in [3.63, 3.8) is 0 Å². The smallest absolute Gasteiger partial charge is 0.237 e. The van der Waals surface area contributed by atoms with Gasteiger partial charge in [0.05, 0.1) is 24.5 Å². The molecule has 0 saturated carbocycles. The first-order valence-electron chi connectivity index (χ1n) is 11.0. The molecule has 2 heterocycles. The Balaban J connectivity index is 1.48. The number of Topliss-reactive ketones (excluding diaryl/α,β-unsaturated/α-hetero) is 2. The fourth-order valence-electron chi connectivity index (χ4n) is 5.46. The topological polar surface area (TPSA) is 80.8 Å². The van der Waals surface area contributed by atoms with Gasteiger partial charge in [-0.05, 0) is 35.4 Å². The molecule has 3 atom stereocenters. The van der Waals surface area contributed by atoms with Crippen LogP contribution in [0.5, 0.6) is 0 Å². The van der Waals surface area contributed by atoms with Crippen LogP contribution in [-0.4, -0.2) is 33.9 Å². The van der Waals surface area contributed by atoms with Crippen LogP contribution in [0.2, 0.25) is 5.02 Å². The molecule has 0 aromatic heterocycles. The van der Waals surface area contributed by atoms with E-state index in [0.717, 1.165) is 9.37 Å². The molecule has 2 fully saturated rings. The number of benzene rings is 3. The van der Waals surface area contributed by atoms with Crippen LogP contribution in [0.4, 0.5) is 0 Å². The lowest BCUT2D eigenvalue weighted by Gasteiger charge is -2.27. The van der Waals surface area contributed by atoms with E-state index < -0.39 is 46.9 Å². The van der Waals surface area contributed by atoms with Gasteiger partial charge in [0.25, 0.3) is 0 Å². The molecule has 1 aliphatic carbocycles. The van der Waals surface area contributed by atoms with E-state index >= 15 is 0 Å². The van der Waals surface area contributed by atoms with Crippen molar-refractivity contribution in [3.8, 4) is 0 Å². The van der Waals surface area contributed by atoms with Gasteiger partial charge in [-0.15, -0.1) is 0 Å². The van der Waals surface area contributed by atoms with Gasteiger partial charge in [0.15, 0.2) is 0 Å². The zero-order chi connectivity index (χ0) is 24.5. The molecule has 3 aromatic carbocycles. The Morgan fingerprint density at radius 1 is 0.829 bits per heavy atom. The number of amides is 2. The highest BCUT2D eigenvalue weighted by molar-refractivity contribution is 9.10. The maximum atomic E-state index is 13.8. The summed E-state index contributed by atoms with van der Waals surface area (Å²) in [6.45, 7) is 0.0142. The van der Waals surface area contributed by atoms with Crippen molar-refractivity contribution >= 4 is 50.9 Å². The Hall–Kier alpha value is -3.13. The number of ether oxygens (including phenoxy) is 1. The first-order chi connectivity index (χ1) is 16.8. The summed E-state index contributed by atoms with van der Waals surface area (Å²) in [5, 5.41) is 0.535. The molecule has 2 aliphatic heterocycles. The van der Waals surface area contributed by atoms with Crippen molar-refractivity contribution in [2.45, 2.75) is 18.2 Å². The van der Waals surface area contributed by atoms with Gasteiger partial charge in [-0.1, -0.05) is 76.1 Å². The third kappa shape index (κ3) is 3.12. The van der Waals surface area contributed by atoms with E-state index in [2.05, 4.69) is 15.9 Å². The van der Waals surface area contributed by atoms with Crippen LogP contribution in [0.3, 0.4) is 0 Å². The van der Waals surface area contributed by atoms with Gasteiger partial charge in [-0.2, -0.15) is 0 Å². The molecule has 174 valence electrons. The first-order valence-corrected chi connectivity index (χ1v) is 12.2. The summed E-state index contributed by atoms with van der Waals surface area (Å²) >= 11 is 9.37. The Labute approximate surface area is 214 Å². The predicted molar refractivity (Wildman–Crippen MR) is 130 cm³/mol. The van der Waals surface area contributed by atoms with E-state index in [1.54, 1.807) is 72.8 Å². The van der Waals surface area contributed by atoms with E-state index in [9.17, 15) is 19.2 Å². The highest BCUT2D eigenvalue weighted by Gasteiger charge is 2.74. The molecule has 3 aromatic rings. The second kappa shape index (κ2) is 7.95. The van der Waals surface area contributed by atoms with Crippen LogP contribution in [-0.2, 0) is 20.9 Å². The SMILES string of the molecule is O=C1[C@@H]2[C@@H](c3ccc(Br)cc3)OC3(C(=O)c4ccccc4C3=O)[C@H]2C(=O)N1Cc1ccc(Cl)cc1. The summed E-state index contributed by atoms with van der Waals surface area (Å²) in [5.41, 5.74) is -0.314. The Kier molecular flexibility index (Phi) is 5.07. The average molecular weight is 551 g/mol. The number of likely N-dealkylation sites (tertiary alicyclic amines) is 1. The van der Waals surface area contributed by atoms with Crippen molar-refractivity contribution in [1.82, 2.24) is 4.90 Å². The molecule has 2 saturated heterocycles. The zero-order valence-electron chi connectivity index (χ0n) is 18.1. The number of imide groups is 1. The molecule has 0 bridgehead atoms. The molecule has 0 unspecified atom stereocenters. The molecule has 0 N–H and O–H groups in total. The average Bonchev–Trinajstić information content (AvgIpc) is 3.42. The molecular weight excluding hydrogens is 534 g/mol. The third-order valence-electron chi connectivity index (χ3n) is 7.06. The van der Waals surface area contributed by atoms with E-state index in [-0.39, 0.29) is 17.7 Å². The first kappa shape index (κ1) is 22.3. The minimum atomic E-state index is -2.06. The molecule has 35 heavy (non-hydrogen) atoms. The van der Waals surface area contributed by atoms with E-state index in [1.165, 1.54) is 0 Å². The second-order valence-corrected chi connectivity index (χ2v) is 10.3. The number of hydrogen-bond donors (Lipinski definition) is 0. The van der Waals surface area contributed by atoms with E-state index in [0.29, 0.717) is 16.1 Å². The lowest BCUT2D eigenvalue weighted by Crippen LogP contribution is -2.50. The molecule has 6 nitrogen and oxygen atoms in total. The number of rotatable bonds is 3. The molecule has 0 radical (unpaired) electrons. The number of carbonyl (C=O) groups excluding carboxylic acids is 4. The van der Waals surface area contributed by atoms with Crippen LogP contribution in [0.1, 0.15) is 37.9 Å². The Morgan fingerprint density at radius 2 is 1.43 bits per heavy atom. The number of halogens is 2. The van der Waals surface area contributed by atoms with E-state index in [4.69, 9.17) is 16.3 Å². The summed E-state index contributed by atoms with van der Waals surface area (Å²) in [6, 6.07) is 20.4. The molecule has 6 rings (SSSR count). The number of nitrogens with zero attached hydrogens (tertiary/aromatic N) is 1. The molecular formula is C27H17BrClNO5. The van der Waals surface area contributed by atoms with Crippen molar-refractivity contribution in [1.29, 1.82) is 0 Å². The van der Waals surface area contributed by atoms with Gasteiger partial charge >= 0.3 is 0 Å². The van der Waals surface area contributed by atoms with Gasteiger partial charge < -0.3 is 4.74 Å². The van der Waals surface area contributed by atoms with Gasteiger partial charge in [-0.25, -0.2) is 0 Å². The van der Waals surface area contributed by atoms with Crippen molar-refractivity contribution in [2.75, 3.05) is 0 Å². The predicted octanol–water partition coefficient (Wildman–Crippen LogP) is 4.79. The maximum Gasteiger partial charge on any atom is 0.237 e. The fourth-order valence-corrected chi connectivity index (χ4v) is 5.85. The minimum absolute atomic E-state index is 0.0142. The van der Waals surface area contributed by atoms with Gasteiger partial charge in [-0.3, -0.25) is 24.1 Å². The Morgan fingerprint density at radius 3 is 2.03 bits per heavy atom. The van der Waals surface area contributed by atoms with Gasteiger partial charge in [0, 0.05) is 20.6 Å². The lowest BCUT2D eigenvalue weighted by atomic mass is 9.77. The number of hydrogen-bond acceptors (Lipinski definition) is 5. The van der Waals surface area contributed by atoms with Gasteiger partial charge in [0.1, 0.15) is 0 Å². The molecule has 8 heteroatoms. The summed E-state index contributed by atoms with van der Waals surface area (Å²) in [4.78, 5) is 56.1. The summed E-state index contributed by atoms with van der Waals surface area (Å²) < 4.78 is 7.09. The van der Waals surface area contributed by atoms with Gasteiger partial charge in [0.2, 0.25) is 29.0 Å². The third-order valence-corrected chi connectivity index (χ3v) is 7.84. The highest BCUT2D eigenvalue weighted by atomic mass is 79.9. The van der Waals surface area contributed by atoms with E-state index in [1.807, 2.05) is 0 Å². The second-order valence-electron chi connectivity index (χ2n) is 8.92. The largest absolute Gasteiger partial charge is 0.349 e. The summed E-state index contributed by atoms with van der Waals surface area (Å²) in [7, 11) is 0. The monoisotopic (exact) mass is 549 g/mol. The molecule has 2 amide bonds. The summed E-state index contributed by atoms with van der Waals surface area (Å²) in [6.07, 6.45) is -0.929. The number of carbonyl (C=O) groups is 4. The van der Waals surface area contributed by atoms with Crippen molar-refractivity contribution in [3.05, 3.63) is 105 Å². The Bertz CT molecular complexity index is 1380. The molecule has 1 spiro atoms. The number of fused-ring (bicyclic) bond motifs is 3. The highest BCUT2D eigenvalue weighted by Crippen LogP contribution is 2.57. The maximum absolute atomic E-state index is 13.8. The van der Waals surface area contributed by atoms with Crippen LogP contribution in [0, 0.1) is 11.8 Å². The van der Waals surface area contributed by atoms with Crippen LogP contribution in [0.25, 0.3) is 0 Å². The fraction of sp³-hybridized carbons (Fsp3) is 0.185. The van der Waals surface area contributed by atoms with Crippen molar-refractivity contribution < 1.29 is 23.9 Å². The zero-order valence-corrected chi connectivity index (χ0v) is 20.5. The van der Waals surface area contributed by atoms with Crippen LogP contribution >= 0.6 is 27.5 Å².